The Hall–Kier alpha value is -6.84. The molecule has 0 aromatic heterocycles. The third-order valence-corrected chi connectivity index (χ3v) is 11.6. The van der Waals surface area contributed by atoms with Crippen LogP contribution in [0, 0.1) is 0 Å². The highest BCUT2D eigenvalue weighted by Gasteiger charge is 2.52. The lowest BCUT2D eigenvalue weighted by Gasteiger charge is -2.46. The summed E-state index contributed by atoms with van der Waals surface area (Å²) in [4.78, 5) is 0. The van der Waals surface area contributed by atoms with E-state index in [1.54, 1.807) is 0 Å². The van der Waals surface area contributed by atoms with Crippen LogP contribution in [0.4, 0.5) is 0 Å². The first-order valence-electron chi connectivity index (χ1n) is 19.1. The second kappa shape index (κ2) is 13.5. The van der Waals surface area contributed by atoms with Crippen molar-refractivity contribution in [2.24, 2.45) is 0 Å². The molecule has 0 saturated carbocycles. The highest BCUT2D eigenvalue weighted by Crippen LogP contribution is 2.57. The SMILES string of the molecule is OC1(c2ccc(-c3ccccc3)cc2)c2ccccc2C(O)(c2c(-c3ccccc3)cc(-c3ccccc3)cc2-c2ccccc2)c2cc3ccccc3cc21. The highest BCUT2D eigenvalue weighted by atomic mass is 16.3. The van der Waals surface area contributed by atoms with Gasteiger partial charge in [0, 0.05) is 16.7 Å². The van der Waals surface area contributed by atoms with Crippen LogP contribution in [0.1, 0.15) is 33.4 Å². The molecule has 10 rings (SSSR count). The lowest BCUT2D eigenvalue weighted by molar-refractivity contribution is 0.0756. The number of hydrogen-bond acceptors (Lipinski definition) is 2. The molecule has 266 valence electrons. The highest BCUT2D eigenvalue weighted by molar-refractivity contribution is 5.91. The van der Waals surface area contributed by atoms with E-state index in [-0.39, 0.29) is 0 Å². The van der Waals surface area contributed by atoms with Gasteiger partial charge < -0.3 is 10.2 Å². The molecule has 0 bridgehead atoms. The first-order chi connectivity index (χ1) is 27.5. The number of fused-ring (bicyclic) bond motifs is 3. The van der Waals surface area contributed by atoms with Crippen LogP contribution < -0.4 is 0 Å². The molecule has 1 aliphatic rings. The van der Waals surface area contributed by atoms with Crippen molar-refractivity contribution in [2.45, 2.75) is 11.2 Å². The Balaban J connectivity index is 1.33. The van der Waals surface area contributed by atoms with E-state index in [2.05, 4.69) is 133 Å². The van der Waals surface area contributed by atoms with Crippen molar-refractivity contribution in [1.82, 2.24) is 0 Å². The zero-order valence-electron chi connectivity index (χ0n) is 30.7. The average molecular weight is 719 g/mol. The van der Waals surface area contributed by atoms with Gasteiger partial charge in [-0.25, -0.2) is 0 Å². The second-order valence-corrected chi connectivity index (χ2v) is 14.7. The van der Waals surface area contributed by atoms with Crippen LogP contribution >= 0.6 is 0 Å². The predicted molar refractivity (Wildman–Crippen MR) is 229 cm³/mol. The largest absolute Gasteiger partial charge is 0.376 e. The molecular weight excluding hydrogens is 681 g/mol. The lowest BCUT2D eigenvalue weighted by atomic mass is 9.61. The summed E-state index contributed by atoms with van der Waals surface area (Å²) in [5.41, 5.74) is 8.91. The van der Waals surface area contributed by atoms with E-state index in [1.807, 2.05) is 84.9 Å². The topological polar surface area (TPSA) is 40.5 Å². The molecule has 0 radical (unpaired) electrons. The summed E-state index contributed by atoms with van der Waals surface area (Å²) >= 11 is 0. The van der Waals surface area contributed by atoms with Gasteiger partial charge in [0.15, 0.2) is 0 Å². The summed E-state index contributed by atoms with van der Waals surface area (Å²) < 4.78 is 0. The molecule has 56 heavy (non-hydrogen) atoms. The summed E-state index contributed by atoms with van der Waals surface area (Å²) in [6.07, 6.45) is 0. The zero-order valence-corrected chi connectivity index (χ0v) is 30.7. The molecule has 2 atom stereocenters. The molecule has 2 heteroatoms. The summed E-state index contributed by atoms with van der Waals surface area (Å²) in [6, 6.07) is 74.4. The third kappa shape index (κ3) is 5.34. The van der Waals surface area contributed by atoms with Crippen LogP contribution in [-0.2, 0) is 11.2 Å². The van der Waals surface area contributed by atoms with Gasteiger partial charge >= 0.3 is 0 Å². The fraction of sp³-hybridized carbons (Fsp3) is 0.0370. The maximum Gasteiger partial charge on any atom is 0.142 e. The number of hydrogen-bond donors (Lipinski definition) is 2. The quantitative estimate of drug-likeness (QED) is 0.180. The van der Waals surface area contributed by atoms with Gasteiger partial charge in [0.1, 0.15) is 11.2 Å². The summed E-state index contributed by atoms with van der Waals surface area (Å²) in [6.45, 7) is 0. The Morgan fingerprint density at radius 3 is 1.11 bits per heavy atom. The van der Waals surface area contributed by atoms with Gasteiger partial charge in [-0.15, -0.1) is 0 Å². The monoisotopic (exact) mass is 718 g/mol. The van der Waals surface area contributed by atoms with E-state index >= 15 is 0 Å². The molecule has 0 amide bonds. The molecule has 0 spiro atoms. The standard InChI is InChI=1S/C54H38O2/c55-53(45-31-29-39(30-32-45)37-17-5-1-6-18-37)48-27-15-16-28-49(48)54(56,51-36-43-26-14-13-25-42(43)35-50(51)53)52-46(40-21-9-3-10-22-40)33-44(38-19-7-2-8-20-38)34-47(52)41-23-11-4-12-24-41/h1-36,55-56H. The normalized spacial score (nSPS) is 17.2. The summed E-state index contributed by atoms with van der Waals surface area (Å²) in [5.74, 6) is 0. The summed E-state index contributed by atoms with van der Waals surface area (Å²) in [5, 5.41) is 29.9. The van der Waals surface area contributed by atoms with Crippen molar-refractivity contribution in [3.05, 3.63) is 252 Å². The fourth-order valence-electron chi connectivity index (χ4n) is 8.88. The first kappa shape index (κ1) is 33.7. The molecule has 9 aromatic carbocycles. The maximum atomic E-state index is 14.3. The molecule has 1 aliphatic carbocycles. The lowest BCUT2D eigenvalue weighted by Crippen LogP contribution is -2.44. The zero-order chi connectivity index (χ0) is 37.7. The Bertz CT molecular complexity index is 2790. The van der Waals surface area contributed by atoms with Crippen molar-refractivity contribution >= 4 is 10.8 Å². The van der Waals surface area contributed by atoms with Gasteiger partial charge in [0.25, 0.3) is 0 Å². The van der Waals surface area contributed by atoms with E-state index in [0.717, 1.165) is 66.4 Å². The van der Waals surface area contributed by atoms with E-state index in [1.165, 1.54) is 0 Å². The van der Waals surface area contributed by atoms with Crippen molar-refractivity contribution < 1.29 is 10.2 Å². The minimum atomic E-state index is -1.70. The van der Waals surface area contributed by atoms with Gasteiger partial charge in [-0.3, -0.25) is 0 Å². The summed E-state index contributed by atoms with van der Waals surface area (Å²) in [7, 11) is 0. The Morgan fingerprint density at radius 2 is 0.625 bits per heavy atom. The average Bonchev–Trinajstić information content (AvgIpc) is 3.28. The van der Waals surface area contributed by atoms with Crippen molar-refractivity contribution in [3.63, 3.8) is 0 Å². The van der Waals surface area contributed by atoms with E-state index in [4.69, 9.17) is 0 Å². The van der Waals surface area contributed by atoms with Gasteiger partial charge in [0.05, 0.1) is 0 Å². The van der Waals surface area contributed by atoms with Crippen molar-refractivity contribution in [2.75, 3.05) is 0 Å². The smallest absolute Gasteiger partial charge is 0.142 e. The Kier molecular flexibility index (Phi) is 8.11. The minimum absolute atomic E-state index is 0.638. The van der Waals surface area contributed by atoms with E-state index in [9.17, 15) is 10.2 Å². The Labute approximate surface area is 327 Å². The van der Waals surface area contributed by atoms with Gasteiger partial charge in [0.2, 0.25) is 0 Å². The Morgan fingerprint density at radius 1 is 0.268 bits per heavy atom. The second-order valence-electron chi connectivity index (χ2n) is 14.7. The van der Waals surface area contributed by atoms with E-state index < -0.39 is 11.2 Å². The molecule has 9 aromatic rings. The molecule has 0 fully saturated rings. The fourth-order valence-corrected chi connectivity index (χ4v) is 8.88. The number of benzene rings is 9. The molecule has 2 nitrogen and oxygen atoms in total. The molecule has 0 heterocycles. The minimum Gasteiger partial charge on any atom is -0.376 e. The number of aliphatic hydroxyl groups is 2. The van der Waals surface area contributed by atoms with Crippen LogP contribution in [0.5, 0.6) is 0 Å². The number of rotatable bonds is 6. The molecule has 2 N–H and O–H groups in total. The van der Waals surface area contributed by atoms with Crippen LogP contribution in [0.2, 0.25) is 0 Å². The van der Waals surface area contributed by atoms with Gasteiger partial charge in [-0.05, 0) is 96.2 Å². The third-order valence-electron chi connectivity index (χ3n) is 11.6. The van der Waals surface area contributed by atoms with Crippen LogP contribution in [-0.4, -0.2) is 10.2 Å². The molecule has 0 aliphatic heterocycles. The molecule has 2 unspecified atom stereocenters. The predicted octanol–water partition coefficient (Wildman–Crippen LogP) is 12.4. The van der Waals surface area contributed by atoms with Crippen molar-refractivity contribution in [3.8, 4) is 44.5 Å². The van der Waals surface area contributed by atoms with Crippen molar-refractivity contribution in [1.29, 1.82) is 0 Å². The van der Waals surface area contributed by atoms with Gasteiger partial charge in [-0.2, -0.15) is 0 Å². The molecular formula is C54H38O2. The van der Waals surface area contributed by atoms with Gasteiger partial charge in [-0.1, -0.05) is 194 Å². The van der Waals surface area contributed by atoms with Crippen LogP contribution in [0.15, 0.2) is 218 Å². The van der Waals surface area contributed by atoms with Crippen LogP contribution in [0.25, 0.3) is 55.3 Å². The maximum absolute atomic E-state index is 14.3. The van der Waals surface area contributed by atoms with Crippen LogP contribution in [0.3, 0.4) is 0 Å². The van der Waals surface area contributed by atoms with E-state index in [0.29, 0.717) is 22.3 Å². The molecule has 0 saturated heterocycles. The first-order valence-corrected chi connectivity index (χ1v) is 19.1.